The highest BCUT2D eigenvalue weighted by Gasteiger charge is 2.43. The average molecular weight is 325 g/mol. The van der Waals surface area contributed by atoms with Gasteiger partial charge in [-0.1, -0.05) is 34.7 Å². The molecule has 6 heteroatoms. The number of hydrogen-bond donors (Lipinski definition) is 0. The third kappa shape index (κ3) is 3.85. The zero-order valence-corrected chi connectivity index (χ0v) is 14.0. The predicted molar refractivity (Wildman–Crippen MR) is 85.3 cm³/mol. The van der Waals surface area contributed by atoms with Gasteiger partial charge >= 0.3 is 0 Å². The second-order valence-corrected chi connectivity index (χ2v) is 6.30. The zero-order chi connectivity index (χ0) is 16.3. The van der Waals surface area contributed by atoms with E-state index in [1.807, 2.05) is 45.9 Å². The summed E-state index contributed by atoms with van der Waals surface area (Å²) >= 11 is 6.12. The Hall–Kier alpha value is -1.43. The molecule has 0 aliphatic carbocycles. The molecule has 1 saturated heterocycles. The fourth-order valence-electron chi connectivity index (χ4n) is 2.41. The van der Waals surface area contributed by atoms with Crippen LogP contribution >= 0.6 is 11.6 Å². The van der Waals surface area contributed by atoms with Gasteiger partial charge in [-0.25, -0.2) is 9.78 Å². The third-order valence-corrected chi connectivity index (χ3v) is 4.20. The predicted octanol–water partition coefficient (Wildman–Crippen LogP) is 4.55. The van der Waals surface area contributed by atoms with Gasteiger partial charge in [-0.05, 0) is 38.9 Å². The molecule has 0 bridgehead atoms. The lowest BCUT2D eigenvalue weighted by Crippen LogP contribution is -2.36. The molecule has 120 valence electrons. The molecule has 1 aromatic rings. The minimum absolute atomic E-state index is 0.00292. The van der Waals surface area contributed by atoms with Gasteiger partial charge in [0.25, 0.3) is 0 Å². The van der Waals surface area contributed by atoms with Gasteiger partial charge in [-0.3, -0.25) is 0 Å². The molecule has 2 rings (SSSR count). The van der Waals surface area contributed by atoms with Crippen molar-refractivity contribution >= 4 is 17.2 Å². The largest absolute Gasteiger partial charge is 0.595 e. The number of hydroxylamine groups is 1. The highest BCUT2D eigenvalue weighted by Crippen LogP contribution is 2.32. The molecule has 1 aromatic carbocycles. The molecule has 1 heterocycles. The van der Waals surface area contributed by atoms with Crippen LogP contribution in [0, 0.1) is 5.21 Å². The van der Waals surface area contributed by atoms with Crippen molar-refractivity contribution in [3.8, 4) is 0 Å². The number of rotatable bonds is 4. The molecule has 3 unspecified atom stereocenters. The molecule has 0 aromatic heterocycles. The standard InChI is InChI=1S/C16H21ClN2O3/c1-11(14-7-5-6-8-15(14)17)10-19(20)18-13(3)16(4)9-12(2)21-22-16/h5-8,10,12-13H,9H2,1-4H3/b11-10+,19-18?. The molecule has 0 spiro atoms. The average Bonchev–Trinajstić information content (AvgIpc) is 2.80. The van der Waals surface area contributed by atoms with E-state index in [1.165, 1.54) is 6.20 Å². The smallest absolute Gasteiger partial charge is 0.212 e. The highest BCUT2D eigenvalue weighted by molar-refractivity contribution is 6.32. The molecule has 0 amide bonds. The molecule has 1 aliphatic heterocycles. The maximum atomic E-state index is 12.1. The Bertz CT molecular complexity index is 603. The fourth-order valence-corrected chi connectivity index (χ4v) is 2.70. The lowest BCUT2D eigenvalue weighted by Gasteiger charge is -2.22. The number of nitrogens with zero attached hydrogens (tertiary/aromatic N) is 2. The SMILES string of the molecule is C/C(=C\[N+]([O-])=NC(C)C1(C)CC(C)OO1)c1ccccc1Cl. The fraction of sp³-hybridized carbons (Fsp3) is 0.500. The summed E-state index contributed by atoms with van der Waals surface area (Å²) in [6.45, 7) is 7.48. The van der Waals surface area contributed by atoms with E-state index >= 15 is 0 Å². The van der Waals surface area contributed by atoms with Crippen molar-refractivity contribution in [1.29, 1.82) is 0 Å². The van der Waals surface area contributed by atoms with Crippen molar-refractivity contribution in [2.75, 3.05) is 0 Å². The van der Waals surface area contributed by atoms with Crippen LogP contribution in [0.5, 0.6) is 0 Å². The van der Waals surface area contributed by atoms with E-state index in [0.29, 0.717) is 16.3 Å². The molecule has 0 saturated carbocycles. The summed E-state index contributed by atoms with van der Waals surface area (Å²) in [5.41, 5.74) is 0.973. The molecule has 5 nitrogen and oxygen atoms in total. The van der Waals surface area contributed by atoms with Gasteiger partial charge in [-0.15, -0.1) is 0 Å². The topological polar surface area (TPSA) is 56.9 Å². The summed E-state index contributed by atoms with van der Waals surface area (Å²) in [6, 6.07) is 7.04. The molecule has 1 aliphatic rings. The van der Waals surface area contributed by atoms with Crippen LogP contribution in [0.15, 0.2) is 35.6 Å². The van der Waals surface area contributed by atoms with Crippen LogP contribution in [0.4, 0.5) is 0 Å². The Labute approximate surface area is 135 Å². The Morgan fingerprint density at radius 2 is 2.23 bits per heavy atom. The third-order valence-electron chi connectivity index (χ3n) is 3.87. The molecule has 0 radical (unpaired) electrons. The van der Waals surface area contributed by atoms with E-state index in [-0.39, 0.29) is 12.1 Å². The maximum Gasteiger partial charge on any atom is 0.212 e. The van der Waals surface area contributed by atoms with Gasteiger partial charge in [0.15, 0.2) is 0 Å². The van der Waals surface area contributed by atoms with Gasteiger partial charge in [0.2, 0.25) is 6.20 Å². The van der Waals surface area contributed by atoms with Crippen LogP contribution in [-0.2, 0) is 9.78 Å². The Balaban J connectivity index is 2.15. The molecule has 0 N–H and O–H groups in total. The van der Waals surface area contributed by atoms with E-state index < -0.39 is 5.60 Å². The van der Waals surface area contributed by atoms with E-state index in [9.17, 15) is 5.21 Å². The zero-order valence-electron chi connectivity index (χ0n) is 13.2. The van der Waals surface area contributed by atoms with Crippen molar-refractivity contribution < 1.29 is 14.6 Å². The van der Waals surface area contributed by atoms with Crippen LogP contribution in [0.25, 0.3) is 5.57 Å². The van der Waals surface area contributed by atoms with Crippen molar-refractivity contribution in [2.45, 2.75) is 51.9 Å². The summed E-state index contributed by atoms with van der Waals surface area (Å²) in [4.78, 5) is 11.0. The summed E-state index contributed by atoms with van der Waals surface area (Å²) in [7, 11) is 0. The number of allylic oxidation sites excluding steroid dienone is 1. The maximum absolute atomic E-state index is 12.1. The van der Waals surface area contributed by atoms with Crippen LogP contribution in [-0.4, -0.2) is 22.6 Å². The Kier molecular flexibility index (Phi) is 5.21. The molecule has 22 heavy (non-hydrogen) atoms. The van der Waals surface area contributed by atoms with Crippen LogP contribution in [0.3, 0.4) is 0 Å². The van der Waals surface area contributed by atoms with Gasteiger partial charge in [0.05, 0.1) is 6.10 Å². The molecular formula is C16H21ClN2O3. The lowest BCUT2D eigenvalue weighted by atomic mass is 9.93. The second-order valence-electron chi connectivity index (χ2n) is 5.89. The first-order chi connectivity index (χ1) is 10.3. The van der Waals surface area contributed by atoms with Gasteiger partial charge in [0, 0.05) is 22.6 Å². The molecular weight excluding hydrogens is 304 g/mol. The van der Waals surface area contributed by atoms with E-state index in [1.54, 1.807) is 6.07 Å². The van der Waals surface area contributed by atoms with Crippen molar-refractivity contribution in [1.82, 2.24) is 0 Å². The van der Waals surface area contributed by atoms with Crippen LogP contribution in [0.2, 0.25) is 5.02 Å². The summed E-state index contributed by atoms with van der Waals surface area (Å²) in [5.74, 6) is 0. The normalized spacial score (nSPS) is 28.0. The first-order valence-corrected chi connectivity index (χ1v) is 7.64. The number of benzene rings is 1. The Morgan fingerprint density at radius 1 is 1.55 bits per heavy atom. The second kappa shape index (κ2) is 6.77. The highest BCUT2D eigenvalue weighted by atomic mass is 35.5. The van der Waals surface area contributed by atoms with Gasteiger partial charge in [-0.2, -0.15) is 0 Å². The lowest BCUT2D eigenvalue weighted by molar-refractivity contribution is -0.466. The van der Waals surface area contributed by atoms with Gasteiger partial charge in [0.1, 0.15) is 11.6 Å². The summed E-state index contributed by atoms with van der Waals surface area (Å²) in [6.07, 6.45) is 2.11. The van der Waals surface area contributed by atoms with E-state index in [2.05, 4.69) is 5.11 Å². The quantitative estimate of drug-likeness (QED) is 0.353. The monoisotopic (exact) mass is 324 g/mol. The summed E-state index contributed by atoms with van der Waals surface area (Å²) in [5, 5.41) is 16.8. The number of azo groups is 1. The Morgan fingerprint density at radius 3 is 2.82 bits per heavy atom. The number of hydrogen-bond acceptors (Lipinski definition) is 4. The molecule has 3 atom stereocenters. The minimum Gasteiger partial charge on any atom is -0.595 e. The van der Waals surface area contributed by atoms with Crippen molar-refractivity contribution in [2.24, 2.45) is 5.11 Å². The molecule has 1 fully saturated rings. The van der Waals surface area contributed by atoms with Crippen LogP contribution < -0.4 is 0 Å². The first kappa shape index (κ1) is 16.9. The minimum atomic E-state index is -0.589. The van der Waals surface area contributed by atoms with E-state index in [4.69, 9.17) is 21.4 Å². The van der Waals surface area contributed by atoms with Gasteiger partial charge < -0.3 is 5.21 Å². The number of halogens is 1. The summed E-state index contributed by atoms with van der Waals surface area (Å²) < 4.78 is 0. The first-order valence-electron chi connectivity index (χ1n) is 7.27. The van der Waals surface area contributed by atoms with Crippen molar-refractivity contribution in [3.05, 3.63) is 46.3 Å². The van der Waals surface area contributed by atoms with Crippen molar-refractivity contribution in [3.63, 3.8) is 0 Å². The van der Waals surface area contributed by atoms with E-state index in [0.717, 1.165) is 11.1 Å². The van der Waals surface area contributed by atoms with Crippen LogP contribution in [0.1, 0.15) is 39.7 Å².